The highest BCUT2D eigenvalue weighted by atomic mass is 32.1. The number of aryl methyl sites for hydroxylation is 1. The number of rotatable bonds is 4. The molecule has 0 aliphatic carbocycles. The van der Waals surface area contributed by atoms with E-state index in [0.717, 1.165) is 32.5 Å². The topological polar surface area (TPSA) is 36.4 Å². The molecule has 1 N–H and O–H groups in total. The molecule has 96 valence electrons. The molecule has 0 saturated carbocycles. The van der Waals surface area contributed by atoms with Crippen molar-refractivity contribution in [3.63, 3.8) is 0 Å². The second kappa shape index (κ2) is 5.94. The Labute approximate surface area is 107 Å². The van der Waals surface area contributed by atoms with Crippen LogP contribution in [0, 0.1) is 5.92 Å². The first-order valence-corrected chi connectivity index (χ1v) is 7.40. The van der Waals surface area contributed by atoms with Gasteiger partial charge in [-0.05, 0) is 38.6 Å². The third-order valence-electron chi connectivity index (χ3n) is 3.51. The van der Waals surface area contributed by atoms with E-state index in [1.54, 1.807) is 11.3 Å². The van der Waals surface area contributed by atoms with Crippen LogP contribution in [0.15, 0.2) is 5.38 Å². The van der Waals surface area contributed by atoms with E-state index >= 15 is 0 Å². The first-order valence-electron chi connectivity index (χ1n) is 6.52. The summed E-state index contributed by atoms with van der Waals surface area (Å²) in [5, 5.41) is 13.1. The van der Waals surface area contributed by atoms with Gasteiger partial charge in [-0.3, -0.25) is 4.90 Å². The SMILES string of the molecule is CCc1nc(CN2CCCC(C(C)O)C2)cs1. The maximum Gasteiger partial charge on any atom is 0.0926 e. The standard InChI is InChI=1S/C13H22N2OS/c1-3-13-14-12(9-17-13)8-15-6-4-5-11(7-15)10(2)16/h9-11,16H,3-8H2,1-2H3. The Morgan fingerprint density at radius 1 is 1.65 bits per heavy atom. The van der Waals surface area contributed by atoms with E-state index in [-0.39, 0.29) is 6.10 Å². The Hall–Kier alpha value is -0.450. The number of piperidine rings is 1. The third kappa shape index (κ3) is 3.50. The van der Waals surface area contributed by atoms with Gasteiger partial charge in [0.1, 0.15) is 0 Å². The fraction of sp³-hybridized carbons (Fsp3) is 0.769. The van der Waals surface area contributed by atoms with Gasteiger partial charge in [0.15, 0.2) is 0 Å². The molecule has 0 aromatic carbocycles. The normalized spacial score (nSPS) is 23.8. The quantitative estimate of drug-likeness (QED) is 0.895. The van der Waals surface area contributed by atoms with Gasteiger partial charge < -0.3 is 5.11 Å². The van der Waals surface area contributed by atoms with E-state index < -0.39 is 0 Å². The summed E-state index contributed by atoms with van der Waals surface area (Å²) in [4.78, 5) is 7.03. The van der Waals surface area contributed by atoms with Gasteiger partial charge >= 0.3 is 0 Å². The van der Waals surface area contributed by atoms with Gasteiger partial charge in [0.05, 0.1) is 16.8 Å². The van der Waals surface area contributed by atoms with Crippen molar-refractivity contribution in [1.29, 1.82) is 0 Å². The molecule has 1 aromatic rings. The molecule has 2 atom stereocenters. The number of thiazole rings is 1. The van der Waals surface area contributed by atoms with Crippen molar-refractivity contribution in [2.75, 3.05) is 13.1 Å². The third-order valence-corrected chi connectivity index (χ3v) is 4.55. The predicted octanol–water partition coefficient (Wildman–Crippen LogP) is 2.30. The van der Waals surface area contributed by atoms with Gasteiger partial charge in [-0.1, -0.05) is 6.92 Å². The summed E-state index contributed by atoms with van der Waals surface area (Å²) in [5.41, 5.74) is 1.19. The summed E-state index contributed by atoms with van der Waals surface area (Å²) in [7, 11) is 0. The van der Waals surface area contributed by atoms with Gasteiger partial charge in [0.2, 0.25) is 0 Å². The fourth-order valence-electron chi connectivity index (χ4n) is 2.44. The summed E-state index contributed by atoms with van der Waals surface area (Å²) >= 11 is 1.76. The number of aromatic nitrogens is 1. The smallest absolute Gasteiger partial charge is 0.0926 e. The van der Waals surface area contributed by atoms with Gasteiger partial charge in [0.25, 0.3) is 0 Å². The average Bonchev–Trinajstić information content (AvgIpc) is 2.77. The molecule has 2 unspecified atom stereocenters. The lowest BCUT2D eigenvalue weighted by Crippen LogP contribution is -2.39. The van der Waals surface area contributed by atoms with Crippen molar-refractivity contribution in [3.8, 4) is 0 Å². The van der Waals surface area contributed by atoms with Gasteiger partial charge in [0, 0.05) is 18.5 Å². The summed E-state index contributed by atoms with van der Waals surface area (Å²) in [5.74, 6) is 0.438. The molecule has 1 fully saturated rings. The fourth-order valence-corrected chi connectivity index (χ4v) is 3.18. The minimum absolute atomic E-state index is 0.181. The van der Waals surface area contributed by atoms with E-state index in [0.29, 0.717) is 5.92 Å². The molecule has 1 aliphatic rings. The van der Waals surface area contributed by atoms with Crippen LogP contribution in [0.25, 0.3) is 0 Å². The van der Waals surface area contributed by atoms with Crippen LogP contribution in [0.2, 0.25) is 0 Å². The largest absolute Gasteiger partial charge is 0.393 e. The molecule has 4 heteroatoms. The van der Waals surface area contributed by atoms with Gasteiger partial charge in [-0.25, -0.2) is 4.98 Å². The summed E-state index contributed by atoms with van der Waals surface area (Å²) < 4.78 is 0. The lowest BCUT2D eigenvalue weighted by molar-refractivity contribution is 0.0595. The molecule has 2 rings (SSSR count). The van der Waals surface area contributed by atoms with E-state index in [9.17, 15) is 5.11 Å². The second-order valence-electron chi connectivity index (χ2n) is 4.96. The number of hydrogen-bond donors (Lipinski definition) is 1. The number of nitrogens with zero attached hydrogens (tertiary/aromatic N) is 2. The predicted molar refractivity (Wildman–Crippen MR) is 71.2 cm³/mol. The first kappa shape index (κ1) is 13.0. The van der Waals surface area contributed by atoms with Crippen molar-refractivity contribution < 1.29 is 5.11 Å². The number of aliphatic hydroxyl groups is 1. The van der Waals surface area contributed by atoms with E-state index in [4.69, 9.17) is 0 Å². The molecular formula is C13H22N2OS. The Bertz CT molecular complexity index is 351. The zero-order valence-corrected chi connectivity index (χ0v) is 11.5. The molecule has 0 spiro atoms. The molecule has 0 amide bonds. The van der Waals surface area contributed by atoms with Crippen LogP contribution in [0.5, 0.6) is 0 Å². The highest BCUT2D eigenvalue weighted by Crippen LogP contribution is 2.21. The van der Waals surface area contributed by atoms with Crippen molar-refractivity contribution >= 4 is 11.3 Å². The van der Waals surface area contributed by atoms with Crippen molar-refractivity contribution in [3.05, 3.63) is 16.1 Å². The zero-order valence-electron chi connectivity index (χ0n) is 10.7. The van der Waals surface area contributed by atoms with Crippen molar-refractivity contribution in [1.82, 2.24) is 9.88 Å². The number of hydrogen-bond acceptors (Lipinski definition) is 4. The van der Waals surface area contributed by atoms with Crippen LogP contribution in [0.4, 0.5) is 0 Å². The lowest BCUT2D eigenvalue weighted by Gasteiger charge is -2.33. The second-order valence-corrected chi connectivity index (χ2v) is 5.91. The van der Waals surface area contributed by atoms with Crippen LogP contribution >= 0.6 is 11.3 Å². The minimum Gasteiger partial charge on any atom is -0.393 e. The Kier molecular flexibility index (Phi) is 4.54. The molecular weight excluding hydrogens is 232 g/mol. The van der Waals surface area contributed by atoms with Crippen molar-refractivity contribution in [2.45, 2.75) is 45.8 Å². The molecule has 1 aromatic heterocycles. The molecule has 17 heavy (non-hydrogen) atoms. The monoisotopic (exact) mass is 254 g/mol. The van der Waals surface area contributed by atoms with E-state index in [1.165, 1.54) is 17.1 Å². The Morgan fingerprint density at radius 2 is 2.47 bits per heavy atom. The maximum absolute atomic E-state index is 9.66. The summed E-state index contributed by atoms with van der Waals surface area (Å²) in [6.07, 6.45) is 3.20. The molecule has 0 bridgehead atoms. The highest BCUT2D eigenvalue weighted by molar-refractivity contribution is 7.09. The molecule has 1 aliphatic heterocycles. The molecule has 0 radical (unpaired) electrons. The molecule has 2 heterocycles. The van der Waals surface area contributed by atoms with Gasteiger partial charge in [-0.2, -0.15) is 0 Å². The Morgan fingerprint density at radius 3 is 3.12 bits per heavy atom. The molecule has 1 saturated heterocycles. The number of likely N-dealkylation sites (tertiary alicyclic amines) is 1. The highest BCUT2D eigenvalue weighted by Gasteiger charge is 2.23. The van der Waals surface area contributed by atoms with Crippen LogP contribution in [-0.2, 0) is 13.0 Å². The molecule has 3 nitrogen and oxygen atoms in total. The number of aliphatic hydroxyl groups excluding tert-OH is 1. The van der Waals surface area contributed by atoms with E-state index in [2.05, 4.69) is 22.2 Å². The average molecular weight is 254 g/mol. The van der Waals surface area contributed by atoms with Crippen LogP contribution < -0.4 is 0 Å². The summed E-state index contributed by atoms with van der Waals surface area (Å²) in [6.45, 7) is 7.15. The van der Waals surface area contributed by atoms with Crippen LogP contribution in [0.1, 0.15) is 37.4 Å². The van der Waals surface area contributed by atoms with Gasteiger partial charge in [-0.15, -0.1) is 11.3 Å². The lowest BCUT2D eigenvalue weighted by atomic mass is 9.93. The van der Waals surface area contributed by atoms with Crippen LogP contribution in [-0.4, -0.2) is 34.2 Å². The van der Waals surface area contributed by atoms with Crippen LogP contribution in [0.3, 0.4) is 0 Å². The Balaban J connectivity index is 1.90. The first-order chi connectivity index (χ1) is 8.19. The maximum atomic E-state index is 9.66. The zero-order chi connectivity index (χ0) is 12.3. The minimum atomic E-state index is -0.181. The van der Waals surface area contributed by atoms with Crippen molar-refractivity contribution in [2.24, 2.45) is 5.92 Å². The van der Waals surface area contributed by atoms with E-state index in [1.807, 2.05) is 6.92 Å². The summed E-state index contributed by atoms with van der Waals surface area (Å²) in [6, 6.07) is 0.